The Balaban J connectivity index is 2.06. The summed E-state index contributed by atoms with van der Waals surface area (Å²) in [6.45, 7) is 5.16. The maximum absolute atomic E-state index is 4.52. The van der Waals surface area contributed by atoms with Crippen LogP contribution in [-0.4, -0.2) is 15.1 Å². The number of hydrogen-bond acceptors (Lipinski definition) is 1. The van der Waals surface area contributed by atoms with E-state index in [-0.39, 0.29) is 0 Å². The highest BCUT2D eigenvalue weighted by atomic mass is 79.9. The van der Waals surface area contributed by atoms with Crippen molar-refractivity contribution < 1.29 is 0 Å². The molecule has 2 rings (SSSR count). The molecule has 3 heteroatoms. The molecule has 0 amide bonds. The second kappa shape index (κ2) is 6.90. The van der Waals surface area contributed by atoms with Crippen LogP contribution in [-0.2, 0) is 19.4 Å². The Morgan fingerprint density at radius 2 is 1.95 bits per heavy atom. The summed E-state index contributed by atoms with van der Waals surface area (Å²) in [5.41, 5.74) is 3.87. The molecule has 0 N–H and O–H groups in total. The Labute approximate surface area is 124 Å². The predicted octanol–water partition coefficient (Wildman–Crippen LogP) is 4.01. The maximum atomic E-state index is 4.52. The first-order valence-corrected chi connectivity index (χ1v) is 7.98. The van der Waals surface area contributed by atoms with Crippen molar-refractivity contribution in [2.24, 2.45) is 5.92 Å². The molecule has 1 aromatic carbocycles. The molecular formula is C16H21BrN2. The van der Waals surface area contributed by atoms with Crippen molar-refractivity contribution >= 4 is 15.9 Å². The molecule has 102 valence electrons. The molecule has 1 atom stereocenters. The van der Waals surface area contributed by atoms with Gasteiger partial charge >= 0.3 is 0 Å². The fraction of sp³-hybridized carbons (Fsp3) is 0.438. The molecule has 2 nitrogen and oxygen atoms in total. The monoisotopic (exact) mass is 320 g/mol. The van der Waals surface area contributed by atoms with Gasteiger partial charge in [-0.25, -0.2) is 0 Å². The summed E-state index contributed by atoms with van der Waals surface area (Å²) in [4.78, 5) is 0. The van der Waals surface area contributed by atoms with Gasteiger partial charge in [-0.1, -0.05) is 46.3 Å². The van der Waals surface area contributed by atoms with Gasteiger partial charge in [0.1, 0.15) is 0 Å². The lowest BCUT2D eigenvalue weighted by molar-refractivity contribution is 0.536. The zero-order chi connectivity index (χ0) is 13.7. The fourth-order valence-electron chi connectivity index (χ4n) is 2.46. The molecule has 0 fully saturated rings. The van der Waals surface area contributed by atoms with E-state index in [1.54, 1.807) is 0 Å². The third-order valence-corrected chi connectivity index (χ3v) is 4.28. The summed E-state index contributed by atoms with van der Waals surface area (Å²) < 4.78 is 2.12. The standard InChI is InChI=1S/C16H21BrN2/c1-3-19-16(9-13(2)18-19)11-15(12-17)10-14-7-5-4-6-8-14/h4-9,15H,3,10-12H2,1-2H3. The van der Waals surface area contributed by atoms with E-state index in [0.717, 1.165) is 30.4 Å². The van der Waals surface area contributed by atoms with Crippen molar-refractivity contribution in [1.29, 1.82) is 0 Å². The lowest BCUT2D eigenvalue weighted by atomic mass is 9.96. The highest BCUT2D eigenvalue weighted by Gasteiger charge is 2.13. The number of rotatable bonds is 6. The average molecular weight is 321 g/mol. The Kier molecular flexibility index (Phi) is 5.20. The molecule has 0 spiro atoms. The number of aryl methyl sites for hydroxylation is 2. The minimum Gasteiger partial charge on any atom is -0.270 e. The van der Waals surface area contributed by atoms with E-state index >= 15 is 0 Å². The van der Waals surface area contributed by atoms with Crippen LogP contribution < -0.4 is 0 Å². The molecule has 0 aliphatic carbocycles. The Morgan fingerprint density at radius 1 is 1.21 bits per heavy atom. The lowest BCUT2D eigenvalue weighted by Crippen LogP contribution is -2.13. The van der Waals surface area contributed by atoms with Crippen LogP contribution in [0.1, 0.15) is 23.9 Å². The van der Waals surface area contributed by atoms with Gasteiger partial charge in [0, 0.05) is 17.6 Å². The van der Waals surface area contributed by atoms with Crippen LogP contribution in [0.3, 0.4) is 0 Å². The minimum atomic E-state index is 0.615. The minimum absolute atomic E-state index is 0.615. The van der Waals surface area contributed by atoms with E-state index in [9.17, 15) is 0 Å². The lowest BCUT2D eigenvalue weighted by Gasteiger charge is -2.14. The van der Waals surface area contributed by atoms with Crippen LogP contribution in [0.15, 0.2) is 36.4 Å². The third-order valence-electron chi connectivity index (χ3n) is 3.37. The number of hydrogen-bond donors (Lipinski definition) is 0. The van der Waals surface area contributed by atoms with Crippen LogP contribution in [0.5, 0.6) is 0 Å². The Bertz CT molecular complexity index is 505. The zero-order valence-corrected chi connectivity index (χ0v) is 13.2. The molecule has 0 saturated carbocycles. The number of alkyl halides is 1. The van der Waals surface area contributed by atoms with Crippen LogP contribution in [0.2, 0.25) is 0 Å². The second-order valence-electron chi connectivity index (χ2n) is 5.01. The molecule has 1 heterocycles. The first kappa shape index (κ1) is 14.3. The van der Waals surface area contributed by atoms with E-state index < -0.39 is 0 Å². The summed E-state index contributed by atoms with van der Waals surface area (Å²) >= 11 is 3.65. The van der Waals surface area contributed by atoms with Crippen LogP contribution in [0.4, 0.5) is 0 Å². The van der Waals surface area contributed by atoms with Gasteiger partial charge in [-0.2, -0.15) is 5.10 Å². The summed E-state index contributed by atoms with van der Waals surface area (Å²) in [5.74, 6) is 0.615. The van der Waals surface area contributed by atoms with Gasteiger partial charge in [-0.15, -0.1) is 0 Å². The molecule has 0 saturated heterocycles. The summed E-state index contributed by atoms with van der Waals surface area (Å²) in [6.07, 6.45) is 2.19. The van der Waals surface area contributed by atoms with Crippen molar-refractivity contribution in [3.63, 3.8) is 0 Å². The van der Waals surface area contributed by atoms with Gasteiger partial charge in [-0.3, -0.25) is 4.68 Å². The third kappa shape index (κ3) is 3.93. The summed E-state index contributed by atoms with van der Waals surface area (Å²) in [5, 5.41) is 5.55. The quantitative estimate of drug-likeness (QED) is 0.735. The van der Waals surface area contributed by atoms with Gasteiger partial charge < -0.3 is 0 Å². The Morgan fingerprint density at radius 3 is 2.58 bits per heavy atom. The Hall–Kier alpha value is -1.09. The van der Waals surface area contributed by atoms with Crippen LogP contribution in [0, 0.1) is 12.8 Å². The van der Waals surface area contributed by atoms with Crippen molar-refractivity contribution in [3.8, 4) is 0 Å². The zero-order valence-electron chi connectivity index (χ0n) is 11.6. The average Bonchev–Trinajstić information content (AvgIpc) is 2.79. The molecule has 1 aromatic heterocycles. The molecular weight excluding hydrogens is 300 g/mol. The number of nitrogens with zero attached hydrogens (tertiary/aromatic N) is 2. The largest absolute Gasteiger partial charge is 0.270 e. The number of halogens is 1. The van der Waals surface area contributed by atoms with Crippen molar-refractivity contribution in [1.82, 2.24) is 9.78 Å². The number of benzene rings is 1. The van der Waals surface area contributed by atoms with Crippen molar-refractivity contribution in [2.75, 3.05) is 5.33 Å². The van der Waals surface area contributed by atoms with E-state index in [1.807, 2.05) is 0 Å². The first-order chi connectivity index (χ1) is 9.22. The molecule has 2 aromatic rings. The summed E-state index contributed by atoms with van der Waals surface area (Å²) in [7, 11) is 0. The van der Waals surface area contributed by atoms with Crippen LogP contribution >= 0.6 is 15.9 Å². The first-order valence-electron chi connectivity index (χ1n) is 6.86. The van der Waals surface area contributed by atoms with Gasteiger partial charge in [0.2, 0.25) is 0 Å². The molecule has 0 aliphatic heterocycles. The van der Waals surface area contributed by atoms with E-state index in [4.69, 9.17) is 0 Å². The van der Waals surface area contributed by atoms with E-state index in [1.165, 1.54) is 11.3 Å². The predicted molar refractivity (Wildman–Crippen MR) is 83.8 cm³/mol. The van der Waals surface area contributed by atoms with E-state index in [0.29, 0.717) is 5.92 Å². The van der Waals surface area contributed by atoms with Crippen molar-refractivity contribution in [2.45, 2.75) is 33.2 Å². The topological polar surface area (TPSA) is 17.8 Å². The molecule has 1 unspecified atom stereocenters. The van der Waals surface area contributed by atoms with Crippen LogP contribution in [0.25, 0.3) is 0 Å². The maximum Gasteiger partial charge on any atom is 0.0596 e. The molecule has 0 radical (unpaired) electrons. The van der Waals surface area contributed by atoms with Gasteiger partial charge in [-0.05, 0) is 44.2 Å². The SMILES string of the molecule is CCn1nc(C)cc1CC(CBr)Cc1ccccc1. The van der Waals surface area contributed by atoms with Gasteiger partial charge in [0.05, 0.1) is 5.69 Å². The normalized spacial score (nSPS) is 12.6. The van der Waals surface area contributed by atoms with E-state index in [2.05, 4.69) is 76.0 Å². The van der Waals surface area contributed by atoms with Crippen molar-refractivity contribution in [3.05, 3.63) is 53.3 Å². The highest BCUT2D eigenvalue weighted by Crippen LogP contribution is 2.17. The molecule has 0 aliphatic rings. The smallest absolute Gasteiger partial charge is 0.0596 e. The van der Waals surface area contributed by atoms with Gasteiger partial charge in [0.15, 0.2) is 0 Å². The summed E-state index contributed by atoms with van der Waals surface area (Å²) in [6, 6.07) is 12.9. The number of aromatic nitrogens is 2. The fourth-order valence-corrected chi connectivity index (χ4v) is 2.92. The van der Waals surface area contributed by atoms with Gasteiger partial charge in [0.25, 0.3) is 0 Å². The molecule has 19 heavy (non-hydrogen) atoms. The second-order valence-corrected chi connectivity index (χ2v) is 5.65. The molecule has 0 bridgehead atoms. The highest BCUT2D eigenvalue weighted by molar-refractivity contribution is 9.09.